The lowest BCUT2D eigenvalue weighted by molar-refractivity contribution is -0.140. The molecule has 3 unspecified atom stereocenters. The van der Waals surface area contributed by atoms with Gasteiger partial charge in [0, 0.05) is 13.1 Å². The minimum absolute atomic E-state index is 0.0152. The van der Waals surface area contributed by atoms with Crippen LogP contribution in [0.25, 0.3) is 0 Å². The molecular weight excluding hydrogens is 448 g/mol. The van der Waals surface area contributed by atoms with Crippen molar-refractivity contribution in [3.05, 3.63) is 0 Å². The number of fused-ring (bicyclic) bond motifs is 1. The zero-order chi connectivity index (χ0) is 25.8. The van der Waals surface area contributed by atoms with Gasteiger partial charge in [-0.15, -0.1) is 0 Å². The van der Waals surface area contributed by atoms with E-state index >= 15 is 0 Å². The summed E-state index contributed by atoms with van der Waals surface area (Å²) in [5, 5.41) is 8.54. The van der Waals surface area contributed by atoms with Crippen LogP contribution in [0, 0.1) is 22.7 Å². The lowest BCUT2D eigenvalue weighted by atomic mass is 9.75. The largest absolute Gasteiger partial charge is 0.447 e. The Bertz CT molecular complexity index is 787. The van der Waals surface area contributed by atoms with Gasteiger partial charge in [0.05, 0.1) is 12.1 Å². The van der Waals surface area contributed by atoms with Crippen molar-refractivity contribution in [3.8, 4) is 0 Å². The number of carbonyl (C=O) groups is 4. The molecule has 0 aromatic heterocycles. The number of likely N-dealkylation sites (tertiary alicyclic amines) is 1. The van der Waals surface area contributed by atoms with E-state index in [1.54, 1.807) is 11.8 Å². The van der Waals surface area contributed by atoms with Gasteiger partial charge in [0.2, 0.25) is 5.91 Å². The summed E-state index contributed by atoms with van der Waals surface area (Å²) in [6.45, 7) is 10.8. The first kappa shape index (κ1) is 27.3. The lowest BCUT2D eigenvalue weighted by Gasteiger charge is -2.40. The number of carbonyl (C=O) groups excluding carboxylic acids is 4. The summed E-state index contributed by atoms with van der Waals surface area (Å²) in [6, 6.07) is -2.02. The molecule has 2 saturated carbocycles. The molecule has 198 valence electrons. The normalized spacial score (nSPS) is 27.0. The van der Waals surface area contributed by atoms with Gasteiger partial charge in [-0.25, -0.2) is 9.59 Å². The molecule has 35 heavy (non-hydrogen) atoms. The van der Waals surface area contributed by atoms with Gasteiger partial charge < -0.3 is 30.4 Å². The van der Waals surface area contributed by atoms with Crippen LogP contribution in [0.5, 0.6) is 0 Å². The summed E-state index contributed by atoms with van der Waals surface area (Å²) in [6.07, 6.45) is 7.33. The Balaban J connectivity index is 1.75. The van der Waals surface area contributed by atoms with E-state index in [1.807, 2.05) is 20.8 Å². The molecule has 3 aliphatic rings. The molecule has 1 heterocycles. The summed E-state index contributed by atoms with van der Waals surface area (Å²) < 4.78 is 5.30. The van der Waals surface area contributed by atoms with Crippen LogP contribution in [0.15, 0.2) is 0 Å². The third-order valence-electron chi connectivity index (χ3n) is 8.15. The molecule has 3 N–H and O–H groups in total. The second kappa shape index (κ2) is 11.2. The number of alkyl carbamates (subject to hydrolysis) is 1. The Hall–Kier alpha value is -2.32. The number of nitrogens with zero attached hydrogens (tertiary/aromatic N) is 1. The van der Waals surface area contributed by atoms with Gasteiger partial charge >= 0.3 is 12.1 Å². The average molecular weight is 493 g/mol. The van der Waals surface area contributed by atoms with Crippen LogP contribution in [0.2, 0.25) is 0 Å². The third-order valence-corrected chi connectivity index (χ3v) is 8.15. The molecule has 0 spiro atoms. The molecule has 3 rings (SSSR count). The summed E-state index contributed by atoms with van der Waals surface area (Å²) in [7, 11) is 0. The van der Waals surface area contributed by atoms with E-state index in [1.165, 1.54) is 0 Å². The molecule has 1 saturated heterocycles. The number of rotatable bonds is 8. The fourth-order valence-corrected chi connectivity index (χ4v) is 5.63. The maximum Gasteiger partial charge on any atom is 0.407 e. The van der Waals surface area contributed by atoms with E-state index < -0.39 is 24.2 Å². The maximum absolute atomic E-state index is 13.8. The van der Waals surface area contributed by atoms with Gasteiger partial charge in [0.1, 0.15) is 18.9 Å². The number of ether oxygens (including phenoxy) is 1. The van der Waals surface area contributed by atoms with Crippen LogP contribution in [-0.2, 0) is 14.3 Å². The van der Waals surface area contributed by atoms with Crippen LogP contribution in [-0.4, -0.2) is 67.0 Å². The van der Waals surface area contributed by atoms with Crippen molar-refractivity contribution in [2.24, 2.45) is 22.7 Å². The van der Waals surface area contributed by atoms with Crippen molar-refractivity contribution in [1.82, 2.24) is 20.9 Å². The predicted molar refractivity (Wildman–Crippen MR) is 133 cm³/mol. The SMILES string of the molecule is CCNC(=O)OCC(NC(=O)NC(C(=O)N1C[C@@H]2C[C@@H]2C1C=O)C1(C)CCCCCC1)C(C)(C)C. The number of hydrogen-bond donors (Lipinski definition) is 3. The lowest BCUT2D eigenvalue weighted by Crippen LogP contribution is -2.61. The Morgan fingerprint density at radius 3 is 2.34 bits per heavy atom. The van der Waals surface area contributed by atoms with Crippen LogP contribution < -0.4 is 16.0 Å². The fourth-order valence-electron chi connectivity index (χ4n) is 5.63. The van der Waals surface area contributed by atoms with Gasteiger partial charge in [-0.3, -0.25) is 4.79 Å². The van der Waals surface area contributed by atoms with Gasteiger partial charge in [-0.1, -0.05) is 53.4 Å². The topological polar surface area (TPSA) is 117 Å². The molecule has 0 radical (unpaired) electrons. The van der Waals surface area contributed by atoms with Crippen molar-refractivity contribution in [2.45, 2.75) is 97.7 Å². The van der Waals surface area contributed by atoms with Crippen LogP contribution in [0.3, 0.4) is 0 Å². The first-order valence-electron chi connectivity index (χ1n) is 13.2. The van der Waals surface area contributed by atoms with Crippen LogP contribution >= 0.6 is 0 Å². The van der Waals surface area contributed by atoms with Crippen molar-refractivity contribution in [1.29, 1.82) is 0 Å². The highest BCUT2D eigenvalue weighted by Crippen LogP contribution is 2.49. The summed E-state index contributed by atoms with van der Waals surface area (Å²) in [4.78, 5) is 52.4. The second-order valence-electron chi connectivity index (χ2n) is 11.9. The summed E-state index contributed by atoms with van der Waals surface area (Å²) in [5.74, 6) is 0.520. The standard InChI is InChI=1S/C26H44N4O5/c1-6-27-24(34)35-16-20(25(2,3)4)28-23(33)29-21(26(5)11-9-7-8-10-12-26)22(32)30-14-17-13-18(17)19(30)15-31/h15,17-21H,6-14,16H2,1-5H3,(H,27,34)(H2,28,29,33)/t17-,18-,19?,20?,21?/m0/s1. The molecule has 9 heteroatoms. The molecule has 5 atom stereocenters. The van der Waals surface area contributed by atoms with Gasteiger partial charge in [-0.05, 0) is 48.9 Å². The number of amides is 4. The van der Waals surface area contributed by atoms with Crippen LogP contribution in [0.1, 0.15) is 79.6 Å². The first-order chi connectivity index (χ1) is 16.5. The Labute approximate surface area is 209 Å². The molecule has 4 amide bonds. The minimum atomic E-state index is -0.717. The Morgan fingerprint density at radius 1 is 1.11 bits per heavy atom. The molecule has 0 aromatic rings. The monoisotopic (exact) mass is 492 g/mol. The maximum atomic E-state index is 13.8. The van der Waals surface area contributed by atoms with E-state index in [0.29, 0.717) is 19.0 Å². The first-order valence-corrected chi connectivity index (χ1v) is 13.2. The molecule has 1 aliphatic heterocycles. The number of urea groups is 1. The zero-order valence-corrected chi connectivity index (χ0v) is 22.0. The quantitative estimate of drug-likeness (QED) is 0.355. The van der Waals surface area contributed by atoms with Crippen LogP contribution in [0.4, 0.5) is 9.59 Å². The fraction of sp³-hybridized carbons (Fsp3) is 0.846. The van der Waals surface area contributed by atoms with Gasteiger partial charge in [0.15, 0.2) is 0 Å². The summed E-state index contributed by atoms with van der Waals surface area (Å²) >= 11 is 0. The number of nitrogens with one attached hydrogen (secondary N) is 3. The molecule has 0 aromatic carbocycles. The van der Waals surface area contributed by atoms with E-state index in [4.69, 9.17) is 4.74 Å². The molecule has 9 nitrogen and oxygen atoms in total. The highest BCUT2D eigenvalue weighted by molar-refractivity contribution is 5.90. The summed E-state index contributed by atoms with van der Waals surface area (Å²) in [5.41, 5.74) is -0.770. The molecule has 0 bridgehead atoms. The molecular formula is C26H44N4O5. The third kappa shape index (κ3) is 6.67. The smallest absolute Gasteiger partial charge is 0.407 e. The van der Waals surface area contributed by atoms with Gasteiger partial charge in [0.25, 0.3) is 0 Å². The second-order valence-corrected chi connectivity index (χ2v) is 11.9. The van der Waals surface area contributed by atoms with E-state index in [9.17, 15) is 19.2 Å². The molecule has 2 aliphatic carbocycles. The molecule has 3 fully saturated rings. The predicted octanol–water partition coefficient (Wildman–Crippen LogP) is 3.22. The Morgan fingerprint density at radius 2 is 1.77 bits per heavy atom. The number of aldehydes is 1. The average Bonchev–Trinajstić information content (AvgIpc) is 3.51. The highest BCUT2D eigenvalue weighted by atomic mass is 16.5. The Kier molecular flexibility index (Phi) is 8.70. The highest BCUT2D eigenvalue weighted by Gasteiger charge is 2.56. The van der Waals surface area contributed by atoms with Crippen molar-refractivity contribution < 1.29 is 23.9 Å². The minimum Gasteiger partial charge on any atom is -0.447 e. The van der Waals surface area contributed by atoms with E-state index in [-0.39, 0.29) is 35.3 Å². The van der Waals surface area contributed by atoms with Gasteiger partial charge in [-0.2, -0.15) is 0 Å². The van der Waals surface area contributed by atoms with Crippen molar-refractivity contribution >= 4 is 24.3 Å². The van der Waals surface area contributed by atoms with Crippen molar-refractivity contribution in [2.75, 3.05) is 19.7 Å². The van der Waals surface area contributed by atoms with Crippen molar-refractivity contribution in [3.63, 3.8) is 0 Å². The zero-order valence-electron chi connectivity index (χ0n) is 22.0. The van der Waals surface area contributed by atoms with E-state index in [0.717, 1.165) is 51.2 Å². The van der Waals surface area contributed by atoms with E-state index in [2.05, 4.69) is 22.9 Å². The number of piperidine rings is 1. The number of hydrogen-bond acceptors (Lipinski definition) is 5.